The Morgan fingerprint density at radius 3 is 2.18 bits per heavy atom. The second-order valence-electron chi connectivity index (χ2n) is 8.75. The van der Waals surface area contributed by atoms with Crippen LogP contribution < -0.4 is 21.8 Å². The fraction of sp³-hybridized carbons (Fsp3) is 0.240. The van der Waals surface area contributed by atoms with Gasteiger partial charge in [-0.3, -0.25) is 14.2 Å². The molecular formula is C25H25N3O4S. The summed E-state index contributed by atoms with van der Waals surface area (Å²) in [5.74, 6) is 0. The van der Waals surface area contributed by atoms with Gasteiger partial charge >= 0.3 is 6.09 Å². The molecule has 0 unspecified atom stereocenters. The van der Waals surface area contributed by atoms with Crippen LogP contribution in [0.4, 0.5) is 4.79 Å². The zero-order valence-corrected chi connectivity index (χ0v) is 20.0. The standard InChI is InChI=1S/C25H25N3O4S/c1-25(2,3)32-24(31)28-15-16(18-10-6-7-11-19(18)28)13-20-22(29)27(5)21(23(30)26(20)4)14-17-9-8-12-33-17/h6-15H,1-5H3/b20-13-,21-14-. The smallest absolute Gasteiger partial charge is 0.419 e. The van der Waals surface area contributed by atoms with Crippen LogP contribution in [0.5, 0.6) is 0 Å². The fourth-order valence-electron chi connectivity index (χ4n) is 3.61. The monoisotopic (exact) mass is 463 g/mol. The number of aromatic nitrogens is 3. The fourth-order valence-corrected chi connectivity index (χ4v) is 4.26. The van der Waals surface area contributed by atoms with Gasteiger partial charge in [-0.05, 0) is 50.4 Å². The van der Waals surface area contributed by atoms with Gasteiger partial charge < -0.3 is 13.9 Å². The highest BCUT2D eigenvalue weighted by atomic mass is 32.1. The van der Waals surface area contributed by atoms with Crippen LogP contribution in [-0.4, -0.2) is 25.4 Å². The second-order valence-corrected chi connectivity index (χ2v) is 9.73. The Kier molecular flexibility index (Phi) is 5.71. The third-order valence-corrected chi connectivity index (χ3v) is 6.04. The first-order chi connectivity index (χ1) is 15.6. The van der Waals surface area contributed by atoms with E-state index >= 15 is 0 Å². The van der Waals surface area contributed by atoms with Crippen molar-refractivity contribution in [2.45, 2.75) is 26.4 Å². The van der Waals surface area contributed by atoms with Crippen molar-refractivity contribution in [2.24, 2.45) is 14.1 Å². The van der Waals surface area contributed by atoms with E-state index in [-0.39, 0.29) is 16.5 Å². The average Bonchev–Trinajstić information content (AvgIpc) is 3.40. The second kappa shape index (κ2) is 8.37. The molecule has 7 nitrogen and oxygen atoms in total. The lowest BCUT2D eigenvalue weighted by molar-refractivity contribution is 0.0544. The molecule has 0 spiro atoms. The highest BCUT2D eigenvalue weighted by molar-refractivity contribution is 7.10. The Morgan fingerprint density at radius 2 is 1.58 bits per heavy atom. The number of nitrogens with zero attached hydrogens (tertiary/aromatic N) is 3. The molecule has 4 rings (SSSR count). The van der Waals surface area contributed by atoms with E-state index in [1.165, 1.54) is 25.0 Å². The average molecular weight is 464 g/mol. The van der Waals surface area contributed by atoms with E-state index in [0.717, 1.165) is 10.3 Å². The summed E-state index contributed by atoms with van der Waals surface area (Å²) in [6.45, 7) is 5.41. The van der Waals surface area contributed by atoms with E-state index in [2.05, 4.69) is 0 Å². The van der Waals surface area contributed by atoms with Crippen LogP contribution in [0.25, 0.3) is 23.1 Å². The summed E-state index contributed by atoms with van der Waals surface area (Å²) in [4.78, 5) is 40.0. The zero-order chi connectivity index (χ0) is 23.9. The number of fused-ring (bicyclic) bond motifs is 1. The highest BCUT2D eigenvalue weighted by Gasteiger charge is 2.20. The predicted molar refractivity (Wildman–Crippen MR) is 131 cm³/mol. The van der Waals surface area contributed by atoms with Crippen LogP contribution >= 0.6 is 11.3 Å². The molecule has 1 aromatic carbocycles. The molecule has 3 heterocycles. The Bertz CT molecular complexity index is 1600. The summed E-state index contributed by atoms with van der Waals surface area (Å²) in [6, 6.07) is 11.1. The minimum absolute atomic E-state index is 0.220. The van der Waals surface area contributed by atoms with Crippen molar-refractivity contribution in [3.8, 4) is 0 Å². The van der Waals surface area contributed by atoms with Crippen LogP contribution in [0, 0.1) is 0 Å². The number of hydrogen-bond acceptors (Lipinski definition) is 5. The van der Waals surface area contributed by atoms with Gasteiger partial charge in [0.2, 0.25) is 0 Å². The Balaban J connectivity index is 1.96. The Hall–Kier alpha value is -3.65. The van der Waals surface area contributed by atoms with Gasteiger partial charge in [0.25, 0.3) is 11.1 Å². The van der Waals surface area contributed by atoms with Crippen molar-refractivity contribution in [2.75, 3.05) is 0 Å². The maximum absolute atomic E-state index is 13.2. The van der Waals surface area contributed by atoms with Crippen LogP contribution in [-0.2, 0) is 18.8 Å². The molecule has 3 aromatic heterocycles. The summed E-state index contributed by atoms with van der Waals surface area (Å²) < 4.78 is 9.67. The summed E-state index contributed by atoms with van der Waals surface area (Å²) in [6.07, 6.45) is 4.48. The number of thiophene rings is 1. The lowest BCUT2D eigenvalue weighted by Crippen LogP contribution is -2.56. The van der Waals surface area contributed by atoms with Gasteiger partial charge in [0.05, 0.1) is 5.52 Å². The van der Waals surface area contributed by atoms with Crippen molar-refractivity contribution >= 4 is 40.5 Å². The van der Waals surface area contributed by atoms with Gasteiger partial charge in [0.15, 0.2) is 0 Å². The molecule has 0 amide bonds. The van der Waals surface area contributed by atoms with E-state index in [1.54, 1.807) is 53.2 Å². The predicted octanol–water partition coefficient (Wildman–Crippen LogP) is 2.54. The number of carbonyl (C=O) groups excluding carboxylic acids is 1. The van der Waals surface area contributed by atoms with Crippen LogP contribution in [0.3, 0.4) is 0 Å². The molecule has 0 aliphatic rings. The van der Waals surface area contributed by atoms with Crippen molar-refractivity contribution in [3.63, 3.8) is 0 Å². The maximum atomic E-state index is 13.2. The quantitative estimate of drug-likeness (QED) is 0.458. The van der Waals surface area contributed by atoms with Crippen LogP contribution in [0.2, 0.25) is 0 Å². The third-order valence-electron chi connectivity index (χ3n) is 5.22. The largest absolute Gasteiger partial charge is 0.443 e. The summed E-state index contributed by atoms with van der Waals surface area (Å²) in [5, 5.41) is 3.21. The van der Waals surface area contributed by atoms with E-state index in [0.29, 0.717) is 16.4 Å². The van der Waals surface area contributed by atoms with Gasteiger partial charge in [-0.2, -0.15) is 0 Å². The first kappa shape index (κ1) is 22.5. The first-order valence-electron chi connectivity index (χ1n) is 10.4. The minimum Gasteiger partial charge on any atom is -0.443 e. The topological polar surface area (TPSA) is 75.2 Å². The summed E-state index contributed by atoms with van der Waals surface area (Å²) >= 11 is 1.49. The van der Waals surface area contributed by atoms with E-state index < -0.39 is 11.7 Å². The lowest BCUT2D eigenvalue weighted by Gasteiger charge is -2.19. The molecule has 4 aromatic rings. The third kappa shape index (κ3) is 4.34. The molecule has 0 aliphatic heterocycles. The molecule has 0 saturated heterocycles. The summed E-state index contributed by atoms with van der Waals surface area (Å²) in [5.41, 5.74) is 0.0452. The molecule has 33 heavy (non-hydrogen) atoms. The van der Waals surface area contributed by atoms with Crippen LogP contribution in [0.1, 0.15) is 31.2 Å². The molecule has 0 radical (unpaired) electrons. The molecule has 8 heteroatoms. The number of para-hydroxylation sites is 1. The molecule has 0 N–H and O–H groups in total. The molecule has 0 atom stereocenters. The van der Waals surface area contributed by atoms with Gasteiger partial charge in [-0.25, -0.2) is 4.79 Å². The molecule has 0 saturated carbocycles. The molecule has 0 bridgehead atoms. The highest BCUT2D eigenvalue weighted by Crippen LogP contribution is 2.23. The normalized spacial score (nSPS) is 13.1. The number of carbonyl (C=O) groups is 1. The number of hydrogen-bond donors (Lipinski definition) is 0. The maximum Gasteiger partial charge on any atom is 0.419 e. The van der Waals surface area contributed by atoms with Gasteiger partial charge in [-0.15, -0.1) is 11.3 Å². The molecule has 170 valence electrons. The SMILES string of the molecule is Cn1c(=O)/c(=C/c2cn(C(=O)OC(C)(C)C)c3ccccc23)n(C)c(=O)/c1=C/c1cccs1. The number of benzene rings is 1. The lowest BCUT2D eigenvalue weighted by atomic mass is 10.1. The van der Waals surface area contributed by atoms with E-state index in [1.807, 2.05) is 41.8 Å². The van der Waals surface area contributed by atoms with E-state index in [9.17, 15) is 14.4 Å². The zero-order valence-electron chi connectivity index (χ0n) is 19.2. The molecule has 0 fully saturated rings. The van der Waals surface area contributed by atoms with E-state index in [4.69, 9.17) is 4.74 Å². The van der Waals surface area contributed by atoms with Gasteiger partial charge in [0.1, 0.15) is 16.3 Å². The molecule has 0 aliphatic carbocycles. The van der Waals surface area contributed by atoms with Crippen molar-refractivity contribution in [3.05, 3.63) is 89.8 Å². The minimum atomic E-state index is -0.652. The number of rotatable bonds is 2. The van der Waals surface area contributed by atoms with Crippen LogP contribution in [0.15, 0.2) is 57.6 Å². The number of ether oxygens (including phenoxy) is 1. The molecular weight excluding hydrogens is 438 g/mol. The van der Waals surface area contributed by atoms with Crippen molar-refractivity contribution in [1.29, 1.82) is 0 Å². The summed E-state index contributed by atoms with van der Waals surface area (Å²) in [7, 11) is 3.17. The van der Waals surface area contributed by atoms with Gasteiger partial charge in [0, 0.05) is 36.1 Å². The van der Waals surface area contributed by atoms with Crippen molar-refractivity contribution < 1.29 is 9.53 Å². The van der Waals surface area contributed by atoms with Crippen molar-refractivity contribution in [1.82, 2.24) is 13.7 Å². The van der Waals surface area contributed by atoms with Gasteiger partial charge in [-0.1, -0.05) is 24.3 Å². The first-order valence-corrected chi connectivity index (χ1v) is 11.3. The Morgan fingerprint density at radius 1 is 0.939 bits per heavy atom. The Labute approximate surface area is 194 Å².